The summed E-state index contributed by atoms with van der Waals surface area (Å²) in [5.74, 6) is 2.88. The van der Waals surface area contributed by atoms with Crippen LogP contribution in [0.5, 0.6) is 0 Å². The zero-order valence-corrected chi connectivity index (χ0v) is 15.4. The number of hydrogen-bond acceptors (Lipinski definition) is 4. The number of aromatic nitrogens is 3. The van der Waals surface area contributed by atoms with Crippen LogP contribution < -0.4 is 5.32 Å². The summed E-state index contributed by atoms with van der Waals surface area (Å²) in [4.78, 5) is 7.17. The third-order valence-electron chi connectivity index (χ3n) is 4.50. The highest BCUT2D eigenvalue weighted by molar-refractivity contribution is 5.80. The first-order valence-electron chi connectivity index (χ1n) is 9.13. The van der Waals surface area contributed by atoms with Crippen LogP contribution in [0.15, 0.2) is 11.3 Å². The lowest BCUT2D eigenvalue weighted by Crippen LogP contribution is -2.46. The summed E-state index contributed by atoms with van der Waals surface area (Å²) in [6, 6.07) is 0. The van der Waals surface area contributed by atoms with Gasteiger partial charge in [-0.2, -0.15) is 0 Å². The molecule has 7 nitrogen and oxygen atoms in total. The SMILES string of the molecule is CCc1nncn1CCNC(=NCCCOC)N1CCC(C)CC1. The Morgan fingerprint density at radius 2 is 2.21 bits per heavy atom. The molecular formula is C17H32N6O. The molecule has 0 aromatic carbocycles. The zero-order chi connectivity index (χ0) is 17.2. The minimum Gasteiger partial charge on any atom is -0.385 e. The van der Waals surface area contributed by atoms with Gasteiger partial charge in [-0.05, 0) is 25.2 Å². The number of nitrogens with one attached hydrogen (secondary N) is 1. The van der Waals surface area contributed by atoms with Crippen molar-refractivity contribution in [2.45, 2.75) is 46.1 Å². The third-order valence-corrected chi connectivity index (χ3v) is 4.50. The monoisotopic (exact) mass is 336 g/mol. The van der Waals surface area contributed by atoms with Gasteiger partial charge in [-0.3, -0.25) is 4.99 Å². The number of piperidine rings is 1. The molecule has 1 N–H and O–H groups in total. The summed E-state index contributed by atoms with van der Waals surface area (Å²) in [5.41, 5.74) is 0. The normalized spacial score (nSPS) is 16.6. The van der Waals surface area contributed by atoms with Crippen LogP contribution >= 0.6 is 0 Å². The largest absolute Gasteiger partial charge is 0.385 e. The number of likely N-dealkylation sites (tertiary alicyclic amines) is 1. The Balaban J connectivity index is 1.87. The molecule has 1 aromatic heterocycles. The van der Waals surface area contributed by atoms with Gasteiger partial charge in [0.1, 0.15) is 12.2 Å². The lowest BCUT2D eigenvalue weighted by atomic mass is 10.00. The van der Waals surface area contributed by atoms with Gasteiger partial charge in [0.25, 0.3) is 0 Å². The lowest BCUT2D eigenvalue weighted by molar-refractivity contribution is 0.196. The van der Waals surface area contributed by atoms with Crippen molar-refractivity contribution in [3.05, 3.63) is 12.2 Å². The summed E-state index contributed by atoms with van der Waals surface area (Å²) in [5, 5.41) is 11.7. The van der Waals surface area contributed by atoms with Gasteiger partial charge in [0.2, 0.25) is 0 Å². The van der Waals surface area contributed by atoms with Gasteiger partial charge in [0, 0.05) is 52.9 Å². The average molecular weight is 336 g/mol. The fraction of sp³-hybridized carbons (Fsp3) is 0.824. The highest BCUT2D eigenvalue weighted by Crippen LogP contribution is 2.15. The third kappa shape index (κ3) is 5.78. The number of methoxy groups -OCH3 is 1. The van der Waals surface area contributed by atoms with Crippen LogP contribution in [0.4, 0.5) is 0 Å². The Morgan fingerprint density at radius 1 is 1.42 bits per heavy atom. The standard InChI is InChI=1S/C17H32N6O/c1-4-16-21-20-14-23(16)12-9-19-17(18-8-5-13-24-3)22-10-6-15(2)7-11-22/h14-15H,4-13H2,1-3H3,(H,18,19). The minimum absolute atomic E-state index is 0.758. The van der Waals surface area contributed by atoms with Gasteiger partial charge in [-0.25, -0.2) is 0 Å². The predicted octanol–water partition coefficient (Wildman–Crippen LogP) is 1.55. The number of nitrogens with zero attached hydrogens (tertiary/aromatic N) is 5. The Labute approximate surface area is 145 Å². The molecule has 7 heteroatoms. The molecule has 1 fully saturated rings. The van der Waals surface area contributed by atoms with Crippen LogP contribution in [-0.4, -0.2) is 65.5 Å². The number of aryl methyl sites for hydroxylation is 1. The molecule has 136 valence electrons. The molecule has 2 rings (SSSR count). The van der Waals surface area contributed by atoms with Crippen molar-refractivity contribution in [3.63, 3.8) is 0 Å². The summed E-state index contributed by atoms with van der Waals surface area (Å²) in [6.45, 7) is 9.86. The van der Waals surface area contributed by atoms with Crippen LogP contribution in [-0.2, 0) is 17.7 Å². The topological polar surface area (TPSA) is 67.6 Å². The molecular weight excluding hydrogens is 304 g/mol. The first-order chi connectivity index (χ1) is 11.7. The highest BCUT2D eigenvalue weighted by Gasteiger charge is 2.18. The number of aliphatic imine (C=N–C) groups is 1. The van der Waals surface area contributed by atoms with E-state index < -0.39 is 0 Å². The van der Waals surface area contributed by atoms with E-state index in [2.05, 4.69) is 38.8 Å². The summed E-state index contributed by atoms with van der Waals surface area (Å²) in [7, 11) is 1.74. The molecule has 0 amide bonds. The molecule has 0 atom stereocenters. The van der Waals surface area contributed by atoms with Crippen LogP contribution in [0.1, 0.15) is 38.9 Å². The molecule has 0 unspecified atom stereocenters. The van der Waals surface area contributed by atoms with Crippen molar-refractivity contribution < 1.29 is 4.74 Å². The quantitative estimate of drug-likeness (QED) is 0.443. The molecule has 1 saturated heterocycles. The molecule has 1 aliphatic heterocycles. The smallest absolute Gasteiger partial charge is 0.193 e. The summed E-state index contributed by atoms with van der Waals surface area (Å²) >= 11 is 0. The molecule has 1 aromatic rings. The Hall–Kier alpha value is -1.63. The lowest BCUT2D eigenvalue weighted by Gasteiger charge is -2.33. The van der Waals surface area contributed by atoms with Gasteiger partial charge < -0.3 is 19.5 Å². The molecule has 2 heterocycles. The number of ether oxygens (including phenoxy) is 1. The highest BCUT2D eigenvalue weighted by atomic mass is 16.5. The van der Waals surface area contributed by atoms with E-state index in [4.69, 9.17) is 9.73 Å². The van der Waals surface area contributed by atoms with Crippen molar-refractivity contribution >= 4 is 5.96 Å². The maximum atomic E-state index is 5.12. The molecule has 0 saturated carbocycles. The Bertz CT molecular complexity index is 493. The maximum absolute atomic E-state index is 5.12. The van der Waals surface area contributed by atoms with Crippen molar-refractivity contribution in [3.8, 4) is 0 Å². The van der Waals surface area contributed by atoms with E-state index in [1.165, 1.54) is 12.8 Å². The molecule has 1 aliphatic rings. The maximum Gasteiger partial charge on any atom is 0.193 e. The fourth-order valence-electron chi connectivity index (χ4n) is 2.91. The first kappa shape index (κ1) is 18.7. The molecule has 0 radical (unpaired) electrons. The van der Waals surface area contributed by atoms with E-state index in [-0.39, 0.29) is 0 Å². The van der Waals surface area contributed by atoms with Gasteiger partial charge in [-0.15, -0.1) is 10.2 Å². The molecule has 0 bridgehead atoms. The molecule has 24 heavy (non-hydrogen) atoms. The second kappa shape index (κ2) is 10.3. The van der Waals surface area contributed by atoms with Gasteiger partial charge in [0.05, 0.1) is 0 Å². The second-order valence-corrected chi connectivity index (χ2v) is 6.44. The Morgan fingerprint density at radius 3 is 2.92 bits per heavy atom. The van der Waals surface area contributed by atoms with Crippen molar-refractivity contribution in [2.24, 2.45) is 10.9 Å². The van der Waals surface area contributed by atoms with Crippen LogP contribution in [0.25, 0.3) is 0 Å². The second-order valence-electron chi connectivity index (χ2n) is 6.44. The average Bonchev–Trinajstić information content (AvgIpc) is 3.05. The van der Waals surface area contributed by atoms with Gasteiger partial charge in [0.15, 0.2) is 5.96 Å². The van der Waals surface area contributed by atoms with Crippen molar-refractivity contribution in [1.82, 2.24) is 25.0 Å². The summed E-state index contributed by atoms with van der Waals surface area (Å²) < 4.78 is 7.22. The van der Waals surface area contributed by atoms with E-state index in [0.717, 1.165) is 69.9 Å². The Kier molecular flexibility index (Phi) is 8.01. The van der Waals surface area contributed by atoms with Crippen LogP contribution in [0, 0.1) is 5.92 Å². The van der Waals surface area contributed by atoms with Crippen molar-refractivity contribution in [1.29, 1.82) is 0 Å². The number of guanidine groups is 1. The van der Waals surface area contributed by atoms with E-state index in [9.17, 15) is 0 Å². The number of rotatable bonds is 8. The van der Waals surface area contributed by atoms with E-state index in [1.807, 2.05) is 0 Å². The van der Waals surface area contributed by atoms with E-state index in [1.54, 1.807) is 13.4 Å². The van der Waals surface area contributed by atoms with E-state index >= 15 is 0 Å². The molecule has 0 spiro atoms. The van der Waals surface area contributed by atoms with Gasteiger partial charge in [-0.1, -0.05) is 13.8 Å². The van der Waals surface area contributed by atoms with Gasteiger partial charge >= 0.3 is 0 Å². The summed E-state index contributed by atoms with van der Waals surface area (Å²) in [6.07, 6.45) is 6.15. The molecule has 0 aliphatic carbocycles. The fourth-order valence-corrected chi connectivity index (χ4v) is 2.91. The van der Waals surface area contributed by atoms with E-state index in [0.29, 0.717) is 0 Å². The predicted molar refractivity (Wildman–Crippen MR) is 96.2 cm³/mol. The number of hydrogen-bond donors (Lipinski definition) is 1. The van der Waals surface area contributed by atoms with Crippen LogP contribution in [0.3, 0.4) is 0 Å². The van der Waals surface area contributed by atoms with Crippen molar-refractivity contribution in [2.75, 3.05) is 39.9 Å². The first-order valence-corrected chi connectivity index (χ1v) is 9.13. The van der Waals surface area contributed by atoms with Crippen LogP contribution in [0.2, 0.25) is 0 Å². The zero-order valence-electron chi connectivity index (χ0n) is 15.4. The minimum atomic E-state index is 0.758.